The van der Waals surface area contributed by atoms with Gasteiger partial charge in [-0.15, -0.1) is 0 Å². The van der Waals surface area contributed by atoms with Crippen molar-refractivity contribution in [2.24, 2.45) is 0 Å². The average Bonchev–Trinajstić information content (AvgIpc) is 2.63. The zero-order valence-electron chi connectivity index (χ0n) is 14.0. The molecule has 24 heavy (non-hydrogen) atoms. The van der Waals surface area contributed by atoms with Gasteiger partial charge in [0.05, 0.1) is 6.54 Å². The van der Waals surface area contributed by atoms with Crippen molar-refractivity contribution in [1.82, 2.24) is 15.2 Å². The minimum Gasteiger partial charge on any atom is -0.355 e. The van der Waals surface area contributed by atoms with Crippen LogP contribution in [-0.2, 0) is 11.2 Å². The number of carbonyl (C=O) groups excluding carboxylic acids is 1. The van der Waals surface area contributed by atoms with Gasteiger partial charge in [-0.1, -0.05) is 30.3 Å². The first-order chi connectivity index (χ1) is 11.8. The standard InChI is InChI=1S/C20H25N3O/c24-20(22-13-10-17-8-11-21-12-9-17)16-23-14-4-7-19(15-23)18-5-2-1-3-6-18/h1-3,5-6,8-9,11-12,19H,4,7,10,13-16H2,(H,22,24)/t19-/m0/s1. The number of amides is 1. The minimum atomic E-state index is 0.123. The summed E-state index contributed by atoms with van der Waals surface area (Å²) in [5.74, 6) is 0.669. The third-order valence-corrected chi connectivity index (χ3v) is 4.63. The van der Waals surface area contributed by atoms with Crippen LogP contribution in [0.5, 0.6) is 0 Å². The highest BCUT2D eigenvalue weighted by atomic mass is 16.2. The van der Waals surface area contributed by atoms with Crippen LogP contribution in [0.3, 0.4) is 0 Å². The lowest BCUT2D eigenvalue weighted by molar-refractivity contribution is -0.122. The number of benzene rings is 1. The molecule has 1 aromatic heterocycles. The number of piperidine rings is 1. The van der Waals surface area contributed by atoms with Crippen molar-refractivity contribution in [1.29, 1.82) is 0 Å². The number of nitrogens with one attached hydrogen (secondary N) is 1. The Morgan fingerprint density at radius 3 is 2.75 bits per heavy atom. The fraction of sp³-hybridized carbons (Fsp3) is 0.400. The number of hydrogen-bond acceptors (Lipinski definition) is 3. The zero-order valence-corrected chi connectivity index (χ0v) is 14.0. The Kier molecular flexibility index (Phi) is 5.96. The van der Waals surface area contributed by atoms with Gasteiger partial charge in [-0.3, -0.25) is 14.7 Å². The SMILES string of the molecule is O=C(CN1CCC[C@H](c2ccccc2)C1)NCCc1ccncc1. The first-order valence-electron chi connectivity index (χ1n) is 8.74. The van der Waals surface area contributed by atoms with Crippen molar-refractivity contribution in [3.63, 3.8) is 0 Å². The molecule has 1 atom stereocenters. The van der Waals surface area contributed by atoms with Gasteiger partial charge in [0.25, 0.3) is 0 Å². The highest BCUT2D eigenvalue weighted by molar-refractivity contribution is 5.78. The Morgan fingerprint density at radius 1 is 1.17 bits per heavy atom. The molecule has 2 heterocycles. The van der Waals surface area contributed by atoms with E-state index in [1.165, 1.54) is 17.5 Å². The number of hydrogen-bond donors (Lipinski definition) is 1. The molecule has 1 fully saturated rings. The molecule has 0 bridgehead atoms. The van der Waals surface area contributed by atoms with Crippen molar-refractivity contribution < 1.29 is 4.79 Å². The Labute approximate surface area is 143 Å². The summed E-state index contributed by atoms with van der Waals surface area (Å²) in [7, 11) is 0. The molecule has 0 spiro atoms. The second kappa shape index (κ2) is 8.60. The second-order valence-corrected chi connectivity index (χ2v) is 6.44. The van der Waals surface area contributed by atoms with Crippen LogP contribution in [0.25, 0.3) is 0 Å². The summed E-state index contributed by atoms with van der Waals surface area (Å²) in [6.07, 6.45) is 6.79. The summed E-state index contributed by atoms with van der Waals surface area (Å²) < 4.78 is 0. The third kappa shape index (κ3) is 4.90. The first kappa shape index (κ1) is 16.7. The molecule has 1 aliphatic heterocycles. The smallest absolute Gasteiger partial charge is 0.234 e. The molecular weight excluding hydrogens is 298 g/mol. The lowest BCUT2D eigenvalue weighted by Gasteiger charge is -2.32. The highest BCUT2D eigenvalue weighted by Crippen LogP contribution is 2.26. The van der Waals surface area contributed by atoms with E-state index in [4.69, 9.17) is 0 Å². The Morgan fingerprint density at radius 2 is 1.96 bits per heavy atom. The number of pyridine rings is 1. The molecule has 126 valence electrons. The molecule has 0 aliphatic carbocycles. The summed E-state index contributed by atoms with van der Waals surface area (Å²) in [5.41, 5.74) is 2.59. The number of aromatic nitrogens is 1. The molecule has 0 saturated carbocycles. The van der Waals surface area contributed by atoms with Gasteiger partial charge in [0.2, 0.25) is 5.91 Å². The van der Waals surface area contributed by atoms with E-state index in [9.17, 15) is 4.79 Å². The van der Waals surface area contributed by atoms with Gasteiger partial charge < -0.3 is 5.32 Å². The monoisotopic (exact) mass is 323 g/mol. The zero-order chi connectivity index (χ0) is 16.6. The van der Waals surface area contributed by atoms with E-state index in [1.807, 2.05) is 12.1 Å². The molecule has 1 saturated heterocycles. The van der Waals surface area contributed by atoms with Crippen LogP contribution >= 0.6 is 0 Å². The fourth-order valence-electron chi connectivity index (χ4n) is 3.35. The van der Waals surface area contributed by atoms with Crippen LogP contribution in [0.4, 0.5) is 0 Å². The van der Waals surface area contributed by atoms with Crippen LogP contribution in [-0.4, -0.2) is 42.0 Å². The lowest BCUT2D eigenvalue weighted by atomic mass is 9.91. The number of rotatable bonds is 6. The first-order valence-corrected chi connectivity index (χ1v) is 8.74. The van der Waals surface area contributed by atoms with E-state index >= 15 is 0 Å². The van der Waals surface area contributed by atoms with Crippen molar-refractivity contribution in [3.05, 3.63) is 66.0 Å². The quantitative estimate of drug-likeness (QED) is 0.889. The van der Waals surface area contributed by atoms with Gasteiger partial charge in [-0.25, -0.2) is 0 Å². The molecule has 0 radical (unpaired) electrons. The van der Waals surface area contributed by atoms with Gasteiger partial charge in [-0.2, -0.15) is 0 Å². The lowest BCUT2D eigenvalue weighted by Crippen LogP contribution is -2.42. The maximum Gasteiger partial charge on any atom is 0.234 e. The van der Waals surface area contributed by atoms with Crippen LogP contribution < -0.4 is 5.32 Å². The van der Waals surface area contributed by atoms with Gasteiger partial charge in [-0.05, 0) is 55.0 Å². The van der Waals surface area contributed by atoms with Gasteiger partial charge in [0.15, 0.2) is 0 Å². The number of carbonyl (C=O) groups is 1. The predicted octanol–water partition coefficient (Wildman–Crippen LogP) is 2.62. The summed E-state index contributed by atoms with van der Waals surface area (Å²) in [6.45, 7) is 3.17. The van der Waals surface area contributed by atoms with E-state index < -0.39 is 0 Å². The summed E-state index contributed by atoms with van der Waals surface area (Å²) in [4.78, 5) is 18.5. The van der Waals surface area contributed by atoms with Crippen LogP contribution in [0.15, 0.2) is 54.9 Å². The highest BCUT2D eigenvalue weighted by Gasteiger charge is 2.22. The van der Waals surface area contributed by atoms with Crippen molar-refractivity contribution in [2.45, 2.75) is 25.2 Å². The predicted molar refractivity (Wildman–Crippen MR) is 95.8 cm³/mol. The molecule has 1 aromatic carbocycles. The van der Waals surface area contributed by atoms with E-state index in [0.29, 0.717) is 19.0 Å². The molecule has 4 nitrogen and oxygen atoms in total. The molecule has 2 aromatic rings. The Balaban J connectivity index is 1.42. The van der Waals surface area contributed by atoms with Crippen LogP contribution in [0.1, 0.15) is 29.9 Å². The van der Waals surface area contributed by atoms with Crippen molar-refractivity contribution in [3.8, 4) is 0 Å². The van der Waals surface area contributed by atoms with Crippen LogP contribution in [0, 0.1) is 0 Å². The average molecular weight is 323 g/mol. The van der Waals surface area contributed by atoms with E-state index in [2.05, 4.69) is 45.5 Å². The van der Waals surface area contributed by atoms with E-state index in [0.717, 1.165) is 25.9 Å². The molecular formula is C20H25N3O. The van der Waals surface area contributed by atoms with E-state index in [1.54, 1.807) is 12.4 Å². The third-order valence-electron chi connectivity index (χ3n) is 4.63. The normalized spacial score (nSPS) is 18.2. The van der Waals surface area contributed by atoms with E-state index in [-0.39, 0.29) is 5.91 Å². The maximum absolute atomic E-state index is 12.2. The Bertz CT molecular complexity index is 630. The molecule has 1 N–H and O–H groups in total. The maximum atomic E-state index is 12.2. The van der Waals surface area contributed by atoms with Gasteiger partial charge >= 0.3 is 0 Å². The Hall–Kier alpha value is -2.20. The fourth-order valence-corrected chi connectivity index (χ4v) is 3.35. The molecule has 4 heteroatoms. The largest absolute Gasteiger partial charge is 0.355 e. The van der Waals surface area contributed by atoms with Crippen molar-refractivity contribution >= 4 is 5.91 Å². The van der Waals surface area contributed by atoms with Gasteiger partial charge in [0.1, 0.15) is 0 Å². The second-order valence-electron chi connectivity index (χ2n) is 6.44. The molecule has 1 aliphatic rings. The number of nitrogens with zero attached hydrogens (tertiary/aromatic N) is 2. The summed E-state index contributed by atoms with van der Waals surface area (Å²) in [5, 5.41) is 3.03. The molecule has 3 rings (SSSR count). The van der Waals surface area contributed by atoms with Gasteiger partial charge in [0, 0.05) is 25.5 Å². The molecule has 1 amide bonds. The molecule has 0 unspecified atom stereocenters. The topological polar surface area (TPSA) is 45.2 Å². The number of likely N-dealkylation sites (tertiary alicyclic amines) is 1. The van der Waals surface area contributed by atoms with Crippen molar-refractivity contribution in [2.75, 3.05) is 26.2 Å². The summed E-state index contributed by atoms with van der Waals surface area (Å²) >= 11 is 0. The summed E-state index contributed by atoms with van der Waals surface area (Å²) in [6, 6.07) is 14.6. The minimum absolute atomic E-state index is 0.123. The van der Waals surface area contributed by atoms with Crippen LogP contribution in [0.2, 0.25) is 0 Å².